The topological polar surface area (TPSA) is 35.8 Å². The first-order valence-electron chi connectivity index (χ1n) is 7.31. The van der Waals surface area contributed by atoms with E-state index >= 15 is 0 Å². The molecule has 0 amide bonds. The van der Waals surface area contributed by atoms with Gasteiger partial charge in [-0.2, -0.15) is 5.26 Å². The first-order chi connectivity index (χ1) is 10.0. The second-order valence-corrected chi connectivity index (χ2v) is 5.69. The van der Waals surface area contributed by atoms with Gasteiger partial charge < -0.3 is 5.32 Å². The lowest BCUT2D eigenvalue weighted by Gasteiger charge is -2.19. The third-order valence-electron chi connectivity index (χ3n) is 3.97. The van der Waals surface area contributed by atoms with Crippen molar-refractivity contribution < 1.29 is 0 Å². The predicted molar refractivity (Wildman–Crippen MR) is 88.4 cm³/mol. The van der Waals surface area contributed by atoms with Crippen LogP contribution in [0.15, 0.2) is 36.4 Å². The maximum atomic E-state index is 8.70. The summed E-state index contributed by atoms with van der Waals surface area (Å²) < 4.78 is 0. The van der Waals surface area contributed by atoms with Gasteiger partial charge in [0.1, 0.15) is 0 Å². The lowest BCUT2D eigenvalue weighted by molar-refractivity contribution is 0.870. The van der Waals surface area contributed by atoms with E-state index in [1.807, 2.05) is 24.3 Å². The van der Waals surface area contributed by atoms with Crippen LogP contribution in [-0.2, 0) is 6.42 Å². The monoisotopic (exact) mass is 278 g/mol. The lowest BCUT2D eigenvalue weighted by atomic mass is 9.96. The van der Waals surface area contributed by atoms with Gasteiger partial charge in [0.2, 0.25) is 0 Å². The highest BCUT2D eigenvalue weighted by Crippen LogP contribution is 2.25. The summed E-state index contributed by atoms with van der Waals surface area (Å²) >= 11 is 0. The van der Waals surface area contributed by atoms with E-state index in [0.717, 1.165) is 11.3 Å². The molecule has 2 nitrogen and oxygen atoms in total. The number of nitriles is 1. The van der Waals surface area contributed by atoms with E-state index in [2.05, 4.69) is 51.2 Å². The minimum atomic E-state index is 0.256. The third-order valence-corrected chi connectivity index (χ3v) is 3.97. The average molecular weight is 278 g/mol. The molecular formula is C19H22N2. The van der Waals surface area contributed by atoms with E-state index in [1.165, 1.54) is 22.3 Å². The minimum Gasteiger partial charge on any atom is -0.379 e. The summed E-state index contributed by atoms with van der Waals surface area (Å²) in [5.41, 5.74) is 7.45. The quantitative estimate of drug-likeness (QED) is 0.867. The van der Waals surface area contributed by atoms with Gasteiger partial charge in [0, 0.05) is 11.7 Å². The molecule has 0 spiro atoms. The molecule has 0 saturated carbocycles. The van der Waals surface area contributed by atoms with Crippen molar-refractivity contribution in [2.24, 2.45) is 0 Å². The molecule has 0 radical (unpaired) electrons. The van der Waals surface area contributed by atoms with Gasteiger partial charge in [0.25, 0.3) is 0 Å². The molecule has 0 aromatic heterocycles. The van der Waals surface area contributed by atoms with Crippen molar-refractivity contribution in [1.82, 2.24) is 0 Å². The SMILES string of the molecule is Cc1cc(C)c(C(C)Nc2ccc(CC#N)cc2)cc1C. The number of benzene rings is 2. The maximum Gasteiger partial charge on any atom is 0.0669 e. The van der Waals surface area contributed by atoms with Crippen LogP contribution in [0.2, 0.25) is 0 Å². The summed E-state index contributed by atoms with van der Waals surface area (Å²) in [6, 6.07) is 15.0. The summed E-state index contributed by atoms with van der Waals surface area (Å²) in [5, 5.41) is 12.2. The van der Waals surface area contributed by atoms with Crippen molar-refractivity contribution in [3.05, 3.63) is 64.2 Å². The number of hydrogen-bond acceptors (Lipinski definition) is 2. The van der Waals surface area contributed by atoms with E-state index in [-0.39, 0.29) is 6.04 Å². The highest BCUT2D eigenvalue weighted by Gasteiger charge is 2.10. The Kier molecular flexibility index (Phi) is 4.65. The van der Waals surface area contributed by atoms with E-state index in [4.69, 9.17) is 5.26 Å². The van der Waals surface area contributed by atoms with E-state index < -0.39 is 0 Å². The molecule has 0 aliphatic rings. The highest BCUT2D eigenvalue weighted by molar-refractivity contribution is 5.48. The summed E-state index contributed by atoms with van der Waals surface area (Å²) in [6.45, 7) is 8.65. The Morgan fingerprint density at radius 3 is 2.24 bits per heavy atom. The van der Waals surface area contributed by atoms with Crippen LogP contribution in [0.1, 0.15) is 40.8 Å². The molecule has 0 bridgehead atoms. The molecule has 0 heterocycles. The van der Waals surface area contributed by atoms with Crippen LogP contribution in [-0.4, -0.2) is 0 Å². The van der Waals surface area contributed by atoms with Gasteiger partial charge in [0.15, 0.2) is 0 Å². The fourth-order valence-electron chi connectivity index (χ4n) is 2.59. The van der Waals surface area contributed by atoms with Gasteiger partial charge >= 0.3 is 0 Å². The maximum absolute atomic E-state index is 8.70. The van der Waals surface area contributed by atoms with Crippen LogP contribution >= 0.6 is 0 Å². The van der Waals surface area contributed by atoms with Gasteiger partial charge in [0.05, 0.1) is 12.5 Å². The third kappa shape index (κ3) is 3.64. The molecule has 2 heteroatoms. The summed E-state index contributed by atoms with van der Waals surface area (Å²) in [6.07, 6.45) is 0.464. The van der Waals surface area contributed by atoms with Crippen LogP contribution in [0.4, 0.5) is 5.69 Å². The lowest BCUT2D eigenvalue weighted by Crippen LogP contribution is -2.09. The number of nitrogens with zero attached hydrogens (tertiary/aromatic N) is 1. The molecule has 2 aromatic carbocycles. The molecule has 108 valence electrons. The fourth-order valence-corrected chi connectivity index (χ4v) is 2.59. The molecule has 1 unspecified atom stereocenters. The Morgan fingerprint density at radius 1 is 1.00 bits per heavy atom. The van der Waals surface area contributed by atoms with Gasteiger partial charge in [-0.05, 0) is 67.6 Å². The first kappa shape index (κ1) is 15.1. The highest BCUT2D eigenvalue weighted by atomic mass is 14.9. The zero-order valence-corrected chi connectivity index (χ0v) is 13.2. The Morgan fingerprint density at radius 2 is 1.62 bits per heavy atom. The molecular weight excluding hydrogens is 256 g/mol. The number of aryl methyl sites for hydroxylation is 3. The number of rotatable bonds is 4. The van der Waals surface area contributed by atoms with Crippen LogP contribution in [0.3, 0.4) is 0 Å². The summed E-state index contributed by atoms with van der Waals surface area (Å²) in [7, 11) is 0. The van der Waals surface area contributed by atoms with E-state index in [1.54, 1.807) is 0 Å². The molecule has 0 saturated heterocycles. The van der Waals surface area contributed by atoms with Crippen molar-refractivity contribution in [2.45, 2.75) is 40.2 Å². The molecule has 2 aromatic rings. The first-order valence-corrected chi connectivity index (χ1v) is 7.31. The van der Waals surface area contributed by atoms with Crippen molar-refractivity contribution in [1.29, 1.82) is 5.26 Å². The molecule has 2 rings (SSSR count). The van der Waals surface area contributed by atoms with Gasteiger partial charge in [-0.3, -0.25) is 0 Å². The molecule has 0 aliphatic carbocycles. The predicted octanol–water partition coefficient (Wildman–Crippen LogP) is 4.85. The largest absolute Gasteiger partial charge is 0.379 e. The van der Waals surface area contributed by atoms with Gasteiger partial charge in [-0.15, -0.1) is 0 Å². The summed E-state index contributed by atoms with van der Waals surface area (Å²) in [4.78, 5) is 0. The fraction of sp³-hybridized carbons (Fsp3) is 0.316. The van der Waals surface area contributed by atoms with E-state index in [0.29, 0.717) is 6.42 Å². The van der Waals surface area contributed by atoms with Crippen LogP contribution in [0, 0.1) is 32.1 Å². The number of anilines is 1. The smallest absolute Gasteiger partial charge is 0.0669 e. The van der Waals surface area contributed by atoms with Crippen LogP contribution in [0.25, 0.3) is 0 Å². The Bertz CT molecular complexity index is 663. The normalized spacial score (nSPS) is 11.8. The molecule has 1 atom stereocenters. The second kappa shape index (κ2) is 6.45. The Balaban J connectivity index is 2.16. The molecule has 0 fully saturated rings. The Hall–Kier alpha value is -2.27. The van der Waals surface area contributed by atoms with Crippen molar-refractivity contribution >= 4 is 5.69 Å². The zero-order chi connectivity index (χ0) is 15.4. The van der Waals surface area contributed by atoms with Crippen molar-refractivity contribution in [2.75, 3.05) is 5.32 Å². The standard InChI is InChI=1S/C19H22N2/c1-13-11-15(3)19(12-14(13)2)16(4)21-18-7-5-17(6-8-18)9-10-20/h5-8,11-12,16,21H,9H2,1-4H3. The summed E-state index contributed by atoms with van der Waals surface area (Å²) in [5.74, 6) is 0. The van der Waals surface area contributed by atoms with Crippen molar-refractivity contribution in [3.8, 4) is 6.07 Å². The van der Waals surface area contributed by atoms with Crippen molar-refractivity contribution in [3.63, 3.8) is 0 Å². The van der Waals surface area contributed by atoms with Gasteiger partial charge in [-0.1, -0.05) is 24.3 Å². The van der Waals surface area contributed by atoms with Gasteiger partial charge in [-0.25, -0.2) is 0 Å². The average Bonchev–Trinajstić information content (AvgIpc) is 2.45. The number of hydrogen-bond donors (Lipinski definition) is 1. The molecule has 0 aliphatic heterocycles. The second-order valence-electron chi connectivity index (χ2n) is 5.69. The number of nitrogens with one attached hydrogen (secondary N) is 1. The molecule has 21 heavy (non-hydrogen) atoms. The van der Waals surface area contributed by atoms with E-state index in [9.17, 15) is 0 Å². The van der Waals surface area contributed by atoms with Crippen LogP contribution < -0.4 is 5.32 Å². The van der Waals surface area contributed by atoms with Crippen LogP contribution in [0.5, 0.6) is 0 Å². The zero-order valence-electron chi connectivity index (χ0n) is 13.2. The molecule has 1 N–H and O–H groups in total. The minimum absolute atomic E-state index is 0.256. The Labute approximate surface area is 127 Å².